The lowest BCUT2D eigenvalue weighted by Gasteiger charge is -2.32. The van der Waals surface area contributed by atoms with Gasteiger partial charge in [0.15, 0.2) is 0 Å². The van der Waals surface area contributed by atoms with Crippen LogP contribution in [0.25, 0.3) is 0 Å². The van der Waals surface area contributed by atoms with Crippen molar-refractivity contribution in [2.45, 2.75) is 32.4 Å². The molecule has 1 fully saturated rings. The molecule has 1 aliphatic rings. The maximum Gasteiger partial charge on any atom is 0.313 e. The van der Waals surface area contributed by atoms with Gasteiger partial charge in [0.1, 0.15) is 5.75 Å². The van der Waals surface area contributed by atoms with Crippen LogP contribution in [0, 0.1) is 6.92 Å². The van der Waals surface area contributed by atoms with Crippen LogP contribution in [0.3, 0.4) is 0 Å². The van der Waals surface area contributed by atoms with Crippen molar-refractivity contribution in [1.82, 2.24) is 10.2 Å². The van der Waals surface area contributed by atoms with E-state index in [0.29, 0.717) is 11.4 Å². The van der Waals surface area contributed by atoms with Gasteiger partial charge in [-0.15, -0.1) is 0 Å². The first kappa shape index (κ1) is 19.9. The first-order valence-corrected chi connectivity index (χ1v) is 9.58. The molecule has 0 unspecified atom stereocenters. The first-order valence-electron chi connectivity index (χ1n) is 9.58. The predicted molar refractivity (Wildman–Crippen MR) is 109 cm³/mol. The van der Waals surface area contributed by atoms with E-state index >= 15 is 0 Å². The lowest BCUT2D eigenvalue weighted by atomic mass is 10.0. The zero-order valence-electron chi connectivity index (χ0n) is 16.4. The smallest absolute Gasteiger partial charge is 0.313 e. The molecular weight excluding hydrogens is 354 g/mol. The number of nitrogens with zero attached hydrogens (tertiary/aromatic N) is 1. The zero-order valence-corrected chi connectivity index (χ0v) is 16.4. The number of rotatable bonds is 5. The topological polar surface area (TPSA) is 70.7 Å². The molecule has 2 aromatic rings. The van der Waals surface area contributed by atoms with Gasteiger partial charge in [-0.25, -0.2) is 0 Å². The summed E-state index contributed by atoms with van der Waals surface area (Å²) in [6, 6.07) is 15.8. The Labute approximate surface area is 165 Å². The van der Waals surface area contributed by atoms with E-state index < -0.39 is 11.8 Å². The van der Waals surface area contributed by atoms with Crippen LogP contribution in [0.2, 0.25) is 0 Å². The monoisotopic (exact) mass is 381 g/mol. The largest absolute Gasteiger partial charge is 0.495 e. The van der Waals surface area contributed by atoms with E-state index in [-0.39, 0.29) is 6.04 Å². The highest BCUT2D eigenvalue weighted by Gasteiger charge is 2.24. The molecule has 2 aromatic carbocycles. The molecule has 148 valence electrons. The minimum atomic E-state index is -0.671. The normalized spacial score (nSPS) is 15.1. The average Bonchev–Trinajstić information content (AvgIpc) is 2.70. The van der Waals surface area contributed by atoms with Crippen molar-refractivity contribution in [2.75, 3.05) is 25.5 Å². The molecule has 0 atom stereocenters. The molecule has 0 bridgehead atoms. The van der Waals surface area contributed by atoms with Gasteiger partial charge in [-0.2, -0.15) is 0 Å². The summed E-state index contributed by atoms with van der Waals surface area (Å²) in [7, 11) is 1.53. The van der Waals surface area contributed by atoms with Gasteiger partial charge in [-0.05, 0) is 43.0 Å². The van der Waals surface area contributed by atoms with E-state index in [1.807, 2.05) is 31.2 Å². The van der Waals surface area contributed by atoms with Crippen LogP contribution in [0.5, 0.6) is 5.75 Å². The third kappa shape index (κ3) is 5.33. The highest BCUT2D eigenvalue weighted by molar-refractivity contribution is 6.39. The van der Waals surface area contributed by atoms with Crippen LogP contribution in [0.4, 0.5) is 5.69 Å². The fourth-order valence-electron chi connectivity index (χ4n) is 3.43. The second kappa shape index (κ2) is 9.37. The summed E-state index contributed by atoms with van der Waals surface area (Å²) in [6.45, 7) is 4.62. The number of likely N-dealkylation sites (tertiary alicyclic amines) is 1. The number of nitrogens with one attached hydrogen (secondary N) is 2. The van der Waals surface area contributed by atoms with Gasteiger partial charge in [0.25, 0.3) is 0 Å². The summed E-state index contributed by atoms with van der Waals surface area (Å²) >= 11 is 0. The van der Waals surface area contributed by atoms with Gasteiger partial charge < -0.3 is 15.4 Å². The number of carbonyl (C=O) groups is 2. The van der Waals surface area contributed by atoms with E-state index in [1.54, 1.807) is 12.1 Å². The summed E-state index contributed by atoms with van der Waals surface area (Å²) in [4.78, 5) is 26.9. The molecule has 2 N–H and O–H groups in total. The Morgan fingerprint density at radius 1 is 1.07 bits per heavy atom. The Morgan fingerprint density at radius 3 is 2.46 bits per heavy atom. The molecule has 6 nitrogen and oxygen atoms in total. The van der Waals surface area contributed by atoms with Crippen molar-refractivity contribution in [1.29, 1.82) is 0 Å². The lowest BCUT2D eigenvalue weighted by Crippen LogP contribution is -2.47. The van der Waals surface area contributed by atoms with Crippen LogP contribution in [-0.2, 0) is 16.1 Å². The van der Waals surface area contributed by atoms with E-state index in [2.05, 4.69) is 27.7 Å². The number of hydrogen-bond donors (Lipinski definition) is 2. The number of aryl methyl sites for hydroxylation is 1. The van der Waals surface area contributed by atoms with Crippen molar-refractivity contribution >= 4 is 17.5 Å². The number of amides is 2. The fourth-order valence-corrected chi connectivity index (χ4v) is 3.43. The number of piperidine rings is 1. The minimum Gasteiger partial charge on any atom is -0.495 e. The van der Waals surface area contributed by atoms with Crippen LogP contribution in [0.15, 0.2) is 48.5 Å². The lowest BCUT2D eigenvalue weighted by molar-refractivity contribution is -0.136. The summed E-state index contributed by atoms with van der Waals surface area (Å²) in [5.74, 6) is -0.748. The molecule has 1 heterocycles. The highest BCUT2D eigenvalue weighted by atomic mass is 16.5. The number of ether oxygens (including phenoxy) is 1. The maximum atomic E-state index is 12.3. The first-order chi connectivity index (χ1) is 13.5. The molecule has 3 rings (SSSR count). The highest BCUT2D eigenvalue weighted by Crippen LogP contribution is 2.25. The van der Waals surface area contributed by atoms with Crippen molar-refractivity contribution in [3.05, 3.63) is 59.7 Å². The van der Waals surface area contributed by atoms with Gasteiger partial charge in [0.2, 0.25) is 0 Å². The molecule has 0 saturated carbocycles. The zero-order chi connectivity index (χ0) is 19.9. The number of hydrogen-bond acceptors (Lipinski definition) is 4. The number of anilines is 1. The molecule has 0 spiro atoms. The third-order valence-electron chi connectivity index (χ3n) is 4.98. The number of benzene rings is 2. The van der Waals surface area contributed by atoms with Crippen LogP contribution in [0.1, 0.15) is 24.0 Å². The van der Waals surface area contributed by atoms with Gasteiger partial charge in [-0.3, -0.25) is 14.5 Å². The standard InChI is InChI=1S/C22H27N3O3/c1-16-8-9-20(28-2)19(14-16)24-22(27)21(26)23-18-10-12-25(13-11-18)15-17-6-4-3-5-7-17/h3-9,14,18H,10-13,15H2,1-2H3,(H,23,26)(H,24,27). The molecule has 1 saturated heterocycles. The average molecular weight is 381 g/mol. The molecule has 1 aliphatic heterocycles. The van der Waals surface area contributed by atoms with Crippen LogP contribution >= 0.6 is 0 Å². The molecule has 0 radical (unpaired) electrons. The Balaban J connectivity index is 1.47. The Bertz CT molecular complexity index is 815. The molecule has 28 heavy (non-hydrogen) atoms. The van der Waals surface area contributed by atoms with E-state index in [4.69, 9.17) is 4.74 Å². The molecule has 6 heteroatoms. The van der Waals surface area contributed by atoms with Gasteiger partial charge in [-0.1, -0.05) is 36.4 Å². The predicted octanol–water partition coefficient (Wildman–Crippen LogP) is 2.72. The Hall–Kier alpha value is -2.86. The van der Waals surface area contributed by atoms with Crippen molar-refractivity contribution in [3.8, 4) is 5.75 Å². The SMILES string of the molecule is COc1ccc(C)cc1NC(=O)C(=O)NC1CCN(Cc2ccccc2)CC1. The van der Waals surface area contributed by atoms with Crippen LogP contribution < -0.4 is 15.4 Å². The van der Waals surface area contributed by atoms with Gasteiger partial charge in [0, 0.05) is 25.7 Å². The van der Waals surface area contributed by atoms with E-state index in [0.717, 1.165) is 38.0 Å². The number of carbonyl (C=O) groups excluding carboxylic acids is 2. The fraction of sp³-hybridized carbons (Fsp3) is 0.364. The molecular formula is C22H27N3O3. The molecule has 2 amide bonds. The van der Waals surface area contributed by atoms with Crippen molar-refractivity contribution < 1.29 is 14.3 Å². The Morgan fingerprint density at radius 2 is 1.79 bits per heavy atom. The maximum absolute atomic E-state index is 12.3. The molecule has 0 aromatic heterocycles. The van der Waals surface area contributed by atoms with Gasteiger partial charge >= 0.3 is 11.8 Å². The van der Waals surface area contributed by atoms with Crippen LogP contribution in [-0.4, -0.2) is 43.0 Å². The summed E-state index contributed by atoms with van der Waals surface area (Å²) in [6.07, 6.45) is 1.67. The second-order valence-electron chi connectivity index (χ2n) is 7.17. The third-order valence-corrected chi connectivity index (χ3v) is 4.98. The van der Waals surface area contributed by atoms with Crippen molar-refractivity contribution in [3.63, 3.8) is 0 Å². The second-order valence-corrected chi connectivity index (χ2v) is 7.17. The summed E-state index contributed by atoms with van der Waals surface area (Å²) in [5.41, 5.74) is 2.76. The van der Waals surface area contributed by atoms with Gasteiger partial charge in [0.05, 0.1) is 12.8 Å². The Kier molecular flexibility index (Phi) is 6.66. The van der Waals surface area contributed by atoms with E-state index in [1.165, 1.54) is 12.7 Å². The summed E-state index contributed by atoms with van der Waals surface area (Å²) in [5, 5.41) is 5.50. The number of methoxy groups -OCH3 is 1. The minimum absolute atomic E-state index is 0.0182. The van der Waals surface area contributed by atoms with E-state index in [9.17, 15) is 9.59 Å². The summed E-state index contributed by atoms with van der Waals surface area (Å²) < 4.78 is 5.24. The van der Waals surface area contributed by atoms with Crippen molar-refractivity contribution in [2.24, 2.45) is 0 Å². The quantitative estimate of drug-likeness (QED) is 0.782. The molecule has 0 aliphatic carbocycles.